The van der Waals surface area contributed by atoms with Crippen LogP contribution in [-0.4, -0.2) is 0 Å². The number of furan rings is 1. The second-order valence-electron chi connectivity index (χ2n) is 10.9. The average molecular weight is 521 g/mol. The van der Waals surface area contributed by atoms with Gasteiger partial charge in [0.25, 0.3) is 0 Å². The third-order valence-corrected chi connectivity index (χ3v) is 8.62. The Labute approximate surface area is 236 Å². The van der Waals surface area contributed by atoms with E-state index < -0.39 is 0 Å². The Balaban J connectivity index is 1.39. The van der Waals surface area contributed by atoms with Crippen molar-refractivity contribution in [2.75, 3.05) is 0 Å². The molecule has 1 nitrogen and oxygen atoms in total. The molecule has 190 valence electrons. The number of benzene rings is 8. The van der Waals surface area contributed by atoms with Crippen LogP contribution in [0.4, 0.5) is 0 Å². The molecule has 1 heterocycles. The van der Waals surface area contributed by atoms with Crippen LogP contribution in [0.3, 0.4) is 0 Å². The molecule has 0 bridgehead atoms. The van der Waals surface area contributed by atoms with Crippen molar-refractivity contribution in [2.24, 2.45) is 0 Å². The van der Waals surface area contributed by atoms with Gasteiger partial charge in [-0.2, -0.15) is 0 Å². The highest BCUT2D eigenvalue weighted by molar-refractivity contribution is 6.26. The number of rotatable bonds is 2. The van der Waals surface area contributed by atoms with E-state index >= 15 is 0 Å². The summed E-state index contributed by atoms with van der Waals surface area (Å²) < 4.78 is 6.58. The molecule has 0 saturated carbocycles. The van der Waals surface area contributed by atoms with E-state index in [1.54, 1.807) is 0 Å². The lowest BCUT2D eigenvalue weighted by Gasteiger charge is -2.15. The molecular formula is C40H24O. The van der Waals surface area contributed by atoms with Gasteiger partial charge in [-0.3, -0.25) is 0 Å². The summed E-state index contributed by atoms with van der Waals surface area (Å²) in [5.41, 5.74) is 6.81. The third-order valence-electron chi connectivity index (χ3n) is 8.62. The molecule has 41 heavy (non-hydrogen) atoms. The first-order valence-electron chi connectivity index (χ1n) is 14.1. The molecular weight excluding hydrogens is 496 g/mol. The Bertz CT molecular complexity index is 2460. The van der Waals surface area contributed by atoms with Gasteiger partial charge in [0.15, 0.2) is 0 Å². The molecule has 0 aliphatic carbocycles. The predicted molar refractivity (Wildman–Crippen MR) is 175 cm³/mol. The van der Waals surface area contributed by atoms with E-state index in [1.807, 2.05) is 0 Å². The molecule has 0 N–H and O–H groups in total. The fourth-order valence-electron chi connectivity index (χ4n) is 6.74. The number of hydrogen-bond acceptors (Lipinski definition) is 1. The summed E-state index contributed by atoms with van der Waals surface area (Å²) in [5, 5.41) is 12.2. The highest BCUT2D eigenvalue weighted by Crippen LogP contribution is 2.45. The van der Waals surface area contributed by atoms with Crippen LogP contribution in [0, 0.1) is 0 Å². The molecule has 9 rings (SSSR count). The zero-order valence-corrected chi connectivity index (χ0v) is 22.3. The summed E-state index contributed by atoms with van der Waals surface area (Å²) in [6, 6.07) is 52.6. The first-order chi connectivity index (χ1) is 20.3. The van der Waals surface area contributed by atoms with Gasteiger partial charge >= 0.3 is 0 Å². The predicted octanol–water partition coefficient (Wildman–Crippen LogP) is 11.5. The first kappa shape index (κ1) is 22.4. The lowest BCUT2D eigenvalue weighted by molar-refractivity contribution is 0.673. The van der Waals surface area contributed by atoms with Gasteiger partial charge in [0.05, 0.1) is 0 Å². The van der Waals surface area contributed by atoms with Crippen LogP contribution in [0.25, 0.3) is 87.3 Å². The zero-order chi connectivity index (χ0) is 26.9. The van der Waals surface area contributed by atoms with Crippen molar-refractivity contribution < 1.29 is 4.42 Å². The van der Waals surface area contributed by atoms with Crippen molar-refractivity contribution in [3.8, 4) is 22.3 Å². The van der Waals surface area contributed by atoms with Crippen LogP contribution in [0.15, 0.2) is 150 Å². The lowest BCUT2D eigenvalue weighted by Crippen LogP contribution is -1.88. The number of hydrogen-bond donors (Lipinski definition) is 0. The van der Waals surface area contributed by atoms with E-state index in [9.17, 15) is 0 Å². The summed E-state index contributed by atoms with van der Waals surface area (Å²) in [4.78, 5) is 0. The molecule has 8 aromatic carbocycles. The summed E-state index contributed by atoms with van der Waals surface area (Å²) in [6.07, 6.45) is 0. The van der Waals surface area contributed by atoms with Crippen molar-refractivity contribution in [2.45, 2.75) is 0 Å². The topological polar surface area (TPSA) is 13.1 Å². The molecule has 0 spiro atoms. The molecule has 0 fully saturated rings. The van der Waals surface area contributed by atoms with Gasteiger partial charge in [0, 0.05) is 16.2 Å². The molecule has 0 unspecified atom stereocenters. The van der Waals surface area contributed by atoms with E-state index in [1.165, 1.54) is 65.3 Å². The van der Waals surface area contributed by atoms with Crippen LogP contribution >= 0.6 is 0 Å². The van der Waals surface area contributed by atoms with Crippen molar-refractivity contribution in [1.29, 1.82) is 0 Å². The summed E-state index contributed by atoms with van der Waals surface area (Å²) in [6.45, 7) is 0. The number of fused-ring (bicyclic) bond motifs is 9. The highest BCUT2D eigenvalue weighted by atomic mass is 16.3. The maximum absolute atomic E-state index is 6.58. The van der Waals surface area contributed by atoms with Crippen LogP contribution in [0.1, 0.15) is 0 Å². The van der Waals surface area contributed by atoms with Gasteiger partial charge in [-0.05, 0) is 84.2 Å². The van der Waals surface area contributed by atoms with Crippen molar-refractivity contribution >= 4 is 65.0 Å². The maximum atomic E-state index is 6.58. The van der Waals surface area contributed by atoms with Crippen molar-refractivity contribution in [3.63, 3.8) is 0 Å². The summed E-state index contributed by atoms with van der Waals surface area (Å²) >= 11 is 0. The van der Waals surface area contributed by atoms with Crippen LogP contribution in [0.5, 0.6) is 0 Å². The Morgan fingerprint density at radius 3 is 1.98 bits per heavy atom. The Morgan fingerprint density at radius 2 is 1.07 bits per heavy atom. The minimum absolute atomic E-state index is 0.920. The van der Waals surface area contributed by atoms with Crippen LogP contribution < -0.4 is 0 Å². The third kappa shape index (κ3) is 3.30. The van der Waals surface area contributed by atoms with Crippen LogP contribution in [0.2, 0.25) is 0 Å². The maximum Gasteiger partial charge on any atom is 0.143 e. The molecule has 1 aromatic heterocycles. The van der Waals surface area contributed by atoms with Crippen molar-refractivity contribution in [3.05, 3.63) is 146 Å². The smallest absolute Gasteiger partial charge is 0.143 e. The second kappa shape index (κ2) is 8.55. The largest absolute Gasteiger partial charge is 0.455 e. The minimum atomic E-state index is 0.920. The van der Waals surface area contributed by atoms with Gasteiger partial charge in [-0.25, -0.2) is 0 Å². The van der Waals surface area contributed by atoms with E-state index in [-0.39, 0.29) is 0 Å². The van der Waals surface area contributed by atoms with Crippen molar-refractivity contribution in [1.82, 2.24) is 0 Å². The Morgan fingerprint density at radius 1 is 0.366 bits per heavy atom. The highest BCUT2D eigenvalue weighted by Gasteiger charge is 2.19. The fourth-order valence-corrected chi connectivity index (χ4v) is 6.74. The van der Waals surface area contributed by atoms with Gasteiger partial charge in [0.2, 0.25) is 0 Å². The molecule has 0 atom stereocenters. The quantitative estimate of drug-likeness (QED) is 0.163. The average Bonchev–Trinajstić information content (AvgIpc) is 3.43. The molecule has 0 aliphatic heterocycles. The Hall–Kier alpha value is -5.40. The normalized spacial score (nSPS) is 11.9. The molecule has 0 radical (unpaired) electrons. The SMILES string of the molecule is c1ccc(-c2ccc3c(ccc4c(-c5cccc6oc7c8ccccc8ccc7c56)c5ccccc5cc43)c2)cc1. The van der Waals surface area contributed by atoms with Gasteiger partial charge < -0.3 is 4.42 Å². The van der Waals surface area contributed by atoms with Crippen LogP contribution in [-0.2, 0) is 0 Å². The minimum Gasteiger partial charge on any atom is -0.455 e. The zero-order valence-electron chi connectivity index (χ0n) is 22.3. The summed E-state index contributed by atoms with van der Waals surface area (Å²) in [7, 11) is 0. The monoisotopic (exact) mass is 520 g/mol. The van der Waals surface area contributed by atoms with E-state index in [2.05, 4.69) is 146 Å². The first-order valence-corrected chi connectivity index (χ1v) is 14.1. The molecule has 0 aliphatic rings. The second-order valence-corrected chi connectivity index (χ2v) is 10.9. The molecule has 0 saturated heterocycles. The van der Waals surface area contributed by atoms with Gasteiger partial charge in [-0.15, -0.1) is 0 Å². The van der Waals surface area contributed by atoms with E-state index in [0.717, 1.165) is 21.9 Å². The fraction of sp³-hybridized carbons (Fsp3) is 0. The Kier molecular flexibility index (Phi) is 4.67. The van der Waals surface area contributed by atoms with E-state index in [4.69, 9.17) is 4.42 Å². The van der Waals surface area contributed by atoms with E-state index in [0.29, 0.717) is 0 Å². The standard InChI is InChI=1S/C40H24O/c1-2-9-25(10-3-1)27-18-20-30-29(23-27)19-21-33-36(30)24-28-12-5-6-13-31(28)38(33)34-15-8-16-37-39(34)35-22-17-26-11-4-7-14-32(26)40(35)41-37/h1-24H. The summed E-state index contributed by atoms with van der Waals surface area (Å²) in [5.74, 6) is 0. The molecule has 9 aromatic rings. The molecule has 0 amide bonds. The van der Waals surface area contributed by atoms with Gasteiger partial charge in [-0.1, -0.05) is 121 Å². The lowest BCUT2D eigenvalue weighted by atomic mass is 9.87. The molecule has 1 heteroatoms. The van der Waals surface area contributed by atoms with Gasteiger partial charge in [0.1, 0.15) is 11.2 Å².